The monoisotopic (exact) mass is 376 g/mol. The van der Waals surface area contributed by atoms with E-state index in [0.29, 0.717) is 11.8 Å². The second-order valence-electron chi connectivity index (χ2n) is 6.43. The fraction of sp³-hybridized carbons (Fsp3) is 0.529. The van der Waals surface area contributed by atoms with Crippen molar-refractivity contribution in [1.29, 1.82) is 0 Å². The van der Waals surface area contributed by atoms with Crippen LogP contribution >= 0.6 is 23.1 Å². The summed E-state index contributed by atoms with van der Waals surface area (Å²) in [6.07, 6.45) is 3.41. The van der Waals surface area contributed by atoms with Gasteiger partial charge in [0.15, 0.2) is 10.8 Å². The summed E-state index contributed by atoms with van der Waals surface area (Å²) in [5, 5.41) is 10.6. The first kappa shape index (κ1) is 16.8. The van der Waals surface area contributed by atoms with Gasteiger partial charge >= 0.3 is 5.97 Å². The number of nitrogens with zero attached hydrogens (tertiary/aromatic N) is 4. The molecule has 1 aliphatic carbocycles. The molecule has 3 aromatic rings. The number of ether oxygens (including phenoxy) is 1. The number of thiophene rings is 1. The molecule has 6 nitrogen and oxygen atoms in total. The van der Waals surface area contributed by atoms with Crippen molar-refractivity contribution in [2.45, 2.75) is 45.2 Å². The normalized spacial score (nSPS) is 17.2. The minimum atomic E-state index is -0.238. The summed E-state index contributed by atoms with van der Waals surface area (Å²) < 4.78 is 6.96. The fourth-order valence-corrected chi connectivity index (χ4v) is 5.59. The second kappa shape index (κ2) is 6.57. The topological polar surface area (TPSA) is 69.4 Å². The first-order chi connectivity index (χ1) is 12.1. The molecule has 0 saturated carbocycles. The summed E-state index contributed by atoms with van der Waals surface area (Å²) in [5.41, 5.74) is 2.26. The lowest BCUT2D eigenvalue weighted by atomic mass is 9.89. The van der Waals surface area contributed by atoms with Crippen LogP contribution in [0, 0.1) is 12.8 Å². The maximum Gasteiger partial charge on any atom is 0.316 e. The zero-order valence-corrected chi connectivity index (χ0v) is 16.2. The van der Waals surface area contributed by atoms with Gasteiger partial charge in [-0.2, -0.15) is 0 Å². The highest BCUT2D eigenvalue weighted by Crippen LogP contribution is 2.39. The average Bonchev–Trinajstić information content (AvgIpc) is 3.13. The number of fused-ring (bicyclic) bond motifs is 5. The van der Waals surface area contributed by atoms with Gasteiger partial charge in [0.05, 0.1) is 17.7 Å². The van der Waals surface area contributed by atoms with Crippen LogP contribution < -0.4 is 0 Å². The number of rotatable bonds is 4. The van der Waals surface area contributed by atoms with Crippen molar-refractivity contribution < 1.29 is 9.53 Å². The molecule has 1 aliphatic rings. The molecule has 0 N–H and O–H groups in total. The first-order valence-electron chi connectivity index (χ1n) is 8.52. The number of esters is 1. The second-order valence-corrected chi connectivity index (χ2v) is 8.45. The molecule has 0 aliphatic heterocycles. The molecule has 0 bridgehead atoms. The van der Waals surface area contributed by atoms with Gasteiger partial charge in [-0.25, -0.2) is 4.98 Å². The minimum absolute atomic E-state index is 0.228. The van der Waals surface area contributed by atoms with E-state index >= 15 is 0 Å². The van der Waals surface area contributed by atoms with E-state index in [4.69, 9.17) is 9.72 Å². The SMILES string of the molecule is CCOC(=O)CSc1nnc2c3c4c(sc3nc(C)n12)C[C@H](C)CC4. The minimum Gasteiger partial charge on any atom is -0.465 e. The third-order valence-corrected chi connectivity index (χ3v) is 6.61. The molecule has 0 saturated heterocycles. The molecule has 0 radical (unpaired) electrons. The summed E-state index contributed by atoms with van der Waals surface area (Å²) in [6, 6.07) is 0. The van der Waals surface area contributed by atoms with Gasteiger partial charge in [0.2, 0.25) is 0 Å². The van der Waals surface area contributed by atoms with E-state index in [-0.39, 0.29) is 11.7 Å². The van der Waals surface area contributed by atoms with Gasteiger partial charge in [-0.15, -0.1) is 21.5 Å². The van der Waals surface area contributed by atoms with Crippen LogP contribution in [0.4, 0.5) is 0 Å². The number of carbonyl (C=O) groups is 1. The lowest BCUT2D eigenvalue weighted by Crippen LogP contribution is -2.09. The highest BCUT2D eigenvalue weighted by Gasteiger charge is 2.25. The number of thioether (sulfide) groups is 1. The Bertz CT molecular complexity index is 963. The zero-order chi connectivity index (χ0) is 17.6. The Morgan fingerprint density at radius 2 is 2.28 bits per heavy atom. The van der Waals surface area contributed by atoms with Crippen LogP contribution in [0.25, 0.3) is 15.9 Å². The highest BCUT2D eigenvalue weighted by molar-refractivity contribution is 7.99. The molecule has 4 rings (SSSR count). The summed E-state index contributed by atoms with van der Waals surface area (Å²) in [5.74, 6) is 1.57. The van der Waals surface area contributed by atoms with E-state index in [9.17, 15) is 4.79 Å². The molecule has 0 aromatic carbocycles. The number of aromatic nitrogens is 4. The van der Waals surface area contributed by atoms with E-state index in [0.717, 1.165) is 40.4 Å². The average molecular weight is 377 g/mol. The van der Waals surface area contributed by atoms with Crippen molar-refractivity contribution in [1.82, 2.24) is 19.6 Å². The molecular weight excluding hydrogens is 356 g/mol. The van der Waals surface area contributed by atoms with Crippen LogP contribution in [0.2, 0.25) is 0 Å². The molecule has 0 amide bonds. The predicted octanol–water partition coefficient (Wildman–Crippen LogP) is 3.43. The summed E-state index contributed by atoms with van der Waals surface area (Å²) in [6.45, 7) is 6.47. The maximum absolute atomic E-state index is 11.6. The number of hydrogen-bond acceptors (Lipinski definition) is 7. The molecule has 25 heavy (non-hydrogen) atoms. The first-order valence-corrected chi connectivity index (χ1v) is 10.3. The van der Waals surface area contributed by atoms with Crippen LogP contribution in [0.1, 0.15) is 36.5 Å². The van der Waals surface area contributed by atoms with Crippen molar-refractivity contribution in [2.75, 3.05) is 12.4 Å². The molecule has 3 heterocycles. The predicted molar refractivity (Wildman–Crippen MR) is 99.4 cm³/mol. The van der Waals surface area contributed by atoms with Gasteiger partial charge in [0.25, 0.3) is 0 Å². The molecule has 0 unspecified atom stereocenters. The van der Waals surface area contributed by atoms with Gasteiger partial charge in [-0.1, -0.05) is 18.7 Å². The Hall–Kier alpha value is -1.67. The van der Waals surface area contributed by atoms with Gasteiger partial charge < -0.3 is 4.74 Å². The van der Waals surface area contributed by atoms with Crippen molar-refractivity contribution in [3.8, 4) is 0 Å². The van der Waals surface area contributed by atoms with E-state index in [1.807, 2.05) is 11.3 Å². The summed E-state index contributed by atoms with van der Waals surface area (Å²) in [4.78, 5) is 18.9. The van der Waals surface area contributed by atoms with Gasteiger partial charge in [-0.3, -0.25) is 9.20 Å². The van der Waals surface area contributed by atoms with E-state index in [1.54, 1.807) is 18.3 Å². The largest absolute Gasteiger partial charge is 0.465 e. The van der Waals surface area contributed by atoms with Crippen LogP contribution in [0.5, 0.6) is 0 Å². The molecule has 8 heteroatoms. The Morgan fingerprint density at radius 1 is 1.44 bits per heavy atom. The molecule has 1 atom stereocenters. The van der Waals surface area contributed by atoms with Crippen molar-refractivity contribution in [2.24, 2.45) is 5.92 Å². The van der Waals surface area contributed by atoms with E-state index in [1.165, 1.54) is 28.6 Å². The van der Waals surface area contributed by atoms with E-state index in [2.05, 4.69) is 17.1 Å². The Kier molecular flexibility index (Phi) is 4.41. The maximum atomic E-state index is 11.6. The van der Waals surface area contributed by atoms with Gasteiger partial charge in [0.1, 0.15) is 10.7 Å². The van der Waals surface area contributed by atoms with Gasteiger partial charge in [-0.05, 0) is 44.6 Å². The lowest BCUT2D eigenvalue weighted by Gasteiger charge is -2.17. The third-order valence-electron chi connectivity index (χ3n) is 4.56. The van der Waals surface area contributed by atoms with Gasteiger partial charge in [0, 0.05) is 4.88 Å². The van der Waals surface area contributed by atoms with Crippen LogP contribution in [0.3, 0.4) is 0 Å². The standard InChI is InChI=1S/C17H20N4O2S2/c1-4-23-13(22)8-24-17-20-19-15-14-11-6-5-9(2)7-12(11)25-16(14)18-10(3)21(15)17/h9H,4-8H2,1-3H3/t9-/m1/s1. The molecule has 3 aromatic heterocycles. The fourth-order valence-electron chi connectivity index (χ4n) is 3.39. The Labute approximate surface area is 154 Å². The zero-order valence-electron chi connectivity index (χ0n) is 14.5. The van der Waals surface area contributed by atoms with Crippen LogP contribution in [0.15, 0.2) is 5.16 Å². The molecule has 0 spiro atoms. The smallest absolute Gasteiger partial charge is 0.316 e. The number of aryl methyl sites for hydroxylation is 2. The number of carbonyl (C=O) groups excluding carboxylic acids is 1. The number of hydrogen-bond donors (Lipinski definition) is 0. The van der Waals surface area contributed by atoms with Crippen molar-refractivity contribution in [3.63, 3.8) is 0 Å². The summed E-state index contributed by atoms with van der Waals surface area (Å²) >= 11 is 3.14. The molecule has 0 fully saturated rings. The van der Waals surface area contributed by atoms with Crippen molar-refractivity contribution in [3.05, 3.63) is 16.3 Å². The van der Waals surface area contributed by atoms with Crippen LogP contribution in [-0.2, 0) is 22.4 Å². The molecule has 132 valence electrons. The lowest BCUT2D eigenvalue weighted by molar-refractivity contribution is -0.139. The van der Waals surface area contributed by atoms with E-state index < -0.39 is 0 Å². The van der Waals surface area contributed by atoms with Crippen LogP contribution in [-0.4, -0.2) is 37.9 Å². The Morgan fingerprint density at radius 3 is 3.08 bits per heavy atom. The Balaban J connectivity index is 1.79. The quantitative estimate of drug-likeness (QED) is 0.513. The molecular formula is C17H20N4O2S2. The summed E-state index contributed by atoms with van der Waals surface area (Å²) in [7, 11) is 0. The van der Waals surface area contributed by atoms with Crippen molar-refractivity contribution >= 4 is 44.9 Å². The highest BCUT2D eigenvalue weighted by atomic mass is 32.2. The third kappa shape index (κ3) is 2.91.